The van der Waals surface area contributed by atoms with Crippen molar-refractivity contribution in [2.75, 3.05) is 20.8 Å². The molecule has 2 N–H and O–H groups in total. The number of carbonyl (C=O) groups excluding carboxylic acids is 3. The summed E-state index contributed by atoms with van der Waals surface area (Å²) in [6.45, 7) is -0.627. The summed E-state index contributed by atoms with van der Waals surface area (Å²) in [6.07, 6.45) is 0.226. The first-order valence-corrected chi connectivity index (χ1v) is 8.39. The minimum absolute atomic E-state index is 0.138. The Bertz CT molecular complexity index is 836. The normalized spacial score (nSPS) is 11.2. The minimum Gasteiger partial charge on any atom is -0.507 e. The maximum atomic E-state index is 12.1. The highest BCUT2D eigenvalue weighted by atomic mass is 16.5. The van der Waals surface area contributed by atoms with Gasteiger partial charge in [0.15, 0.2) is 6.61 Å². The molecule has 2 aromatic carbocycles. The zero-order valence-corrected chi connectivity index (χ0v) is 15.5. The van der Waals surface area contributed by atoms with E-state index < -0.39 is 30.5 Å². The highest BCUT2D eigenvalue weighted by Gasteiger charge is 2.23. The molecule has 0 bridgehead atoms. The highest BCUT2D eigenvalue weighted by Crippen LogP contribution is 2.23. The van der Waals surface area contributed by atoms with E-state index in [9.17, 15) is 19.5 Å². The molecule has 8 nitrogen and oxygen atoms in total. The maximum Gasteiger partial charge on any atom is 0.342 e. The SMILES string of the molecule is COC(=O)C(Cc1ccccc1)NC(=O)COC(=O)c1cc(OC)ccc1O. The van der Waals surface area contributed by atoms with E-state index in [1.807, 2.05) is 30.3 Å². The second-order valence-electron chi connectivity index (χ2n) is 5.79. The molecule has 148 valence electrons. The van der Waals surface area contributed by atoms with Crippen LogP contribution in [0.25, 0.3) is 0 Å². The third kappa shape index (κ3) is 5.73. The van der Waals surface area contributed by atoms with Crippen LogP contribution in [0, 0.1) is 0 Å². The summed E-state index contributed by atoms with van der Waals surface area (Å²) in [5.41, 5.74) is 0.692. The molecule has 1 amide bonds. The zero-order valence-electron chi connectivity index (χ0n) is 15.5. The molecule has 28 heavy (non-hydrogen) atoms. The quantitative estimate of drug-likeness (QED) is 0.660. The summed E-state index contributed by atoms with van der Waals surface area (Å²) in [6, 6.07) is 12.2. The molecule has 0 radical (unpaired) electrons. The van der Waals surface area contributed by atoms with Gasteiger partial charge >= 0.3 is 11.9 Å². The van der Waals surface area contributed by atoms with Crippen LogP contribution in [-0.4, -0.2) is 49.8 Å². The van der Waals surface area contributed by atoms with E-state index in [-0.39, 0.29) is 17.7 Å². The van der Waals surface area contributed by atoms with Crippen molar-refractivity contribution in [1.82, 2.24) is 5.32 Å². The van der Waals surface area contributed by atoms with Crippen LogP contribution in [0.4, 0.5) is 0 Å². The first-order chi connectivity index (χ1) is 13.4. The topological polar surface area (TPSA) is 111 Å². The van der Waals surface area contributed by atoms with Gasteiger partial charge in [-0.05, 0) is 23.8 Å². The number of phenols is 1. The number of esters is 2. The van der Waals surface area contributed by atoms with Crippen molar-refractivity contribution in [2.24, 2.45) is 0 Å². The summed E-state index contributed by atoms with van der Waals surface area (Å²) >= 11 is 0. The summed E-state index contributed by atoms with van der Waals surface area (Å²) in [5.74, 6) is -2.15. The minimum atomic E-state index is -0.927. The van der Waals surface area contributed by atoms with Crippen molar-refractivity contribution in [3.8, 4) is 11.5 Å². The van der Waals surface area contributed by atoms with Gasteiger partial charge in [0.25, 0.3) is 5.91 Å². The lowest BCUT2D eigenvalue weighted by Crippen LogP contribution is -2.44. The predicted octanol–water partition coefficient (Wildman–Crippen LogP) is 1.46. The highest BCUT2D eigenvalue weighted by molar-refractivity contribution is 5.94. The lowest BCUT2D eigenvalue weighted by Gasteiger charge is -2.16. The van der Waals surface area contributed by atoms with Gasteiger partial charge in [-0.15, -0.1) is 0 Å². The maximum absolute atomic E-state index is 12.1. The van der Waals surface area contributed by atoms with Gasteiger partial charge in [0.2, 0.25) is 0 Å². The van der Waals surface area contributed by atoms with Crippen molar-refractivity contribution in [3.63, 3.8) is 0 Å². The van der Waals surface area contributed by atoms with E-state index in [0.29, 0.717) is 5.75 Å². The molecule has 1 unspecified atom stereocenters. The van der Waals surface area contributed by atoms with Crippen LogP contribution in [0.1, 0.15) is 15.9 Å². The number of ether oxygens (including phenoxy) is 3. The van der Waals surface area contributed by atoms with Crippen LogP contribution in [-0.2, 0) is 25.5 Å². The fourth-order valence-electron chi connectivity index (χ4n) is 2.44. The molecule has 0 aliphatic carbocycles. The fourth-order valence-corrected chi connectivity index (χ4v) is 2.44. The van der Waals surface area contributed by atoms with Crippen LogP contribution >= 0.6 is 0 Å². The molecule has 0 spiro atoms. The van der Waals surface area contributed by atoms with Gasteiger partial charge in [-0.2, -0.15) is 0 Å². The monoisotopic (exact) mass is 387 g/mol. The molecule has 0 saturated carbocycles. The molecule has 0 heterocycles. The Morgan fingerprint density at radius 3 is 2.43 bits per heavy atom. The van der Waals surface area contributed by atoms with Crippen molar-refractivity contribution in [1.29, 1.82) is 0 Å². The average molecular weight is 387 g/mol. The number of rotatable bonds is 8. The molecule has 2 aromatic rings. The van der Waals surface area contributed by atoms with E-state index in [2.05, 4.69) is 5.32 Å². The lowest BCUT2D eigenvalue weighted by atomic mass is 10.1. The molecule has 0 aliphatic rings. The molecular weight excluding hydrogens is 366 g/mol. The number of phenolic OH excluding ortho intramolecular Hbond substituents is 1. The van der Waals surface area contributed by atoms with Gasteiger partial charge in [0, 0.05) is 6.42 Å². The largest absolute Gasteiger partial charge is 0.507 e. The summed E-state index contributed by atoms with van der Waals surface area (Å²) in [7, 11) is 2.63. The number of aromatic hydroxyl groups is 1. The standard InChI is InChI=1S/C20H21NO7/c1-26-14-8-9-17(22)15(11-14)19(24)28-12-18(23)21-16(20(25)27-2)10-13-6-4-3-5-7-13/h3-9,11,16,22H,10,12H2,1-2H3,(H,21,23). The summed E-state index contributed by atoms with van der Waals surface area (Å²) in [4.78, 5) is 36.2. The number of hydrogen-bond donors (Lipinski definition) is 2. The van der Waals surface area contributed by atoms with E-state index >= 15 is 0 Å². The first-order valence-electron chi connectivity index (χ1n) is 8.39. The van der Waals surface area contributed by atoms with E-state index in [0.717, 1.165) is 5.56 Å². The van der Waals surface area contributed by atoms with Gasteiger partial charge < -0.3 is 24.6 Å². The third-order valence-corrected chi connectivity index (χ3v) is 3.86. The van der Waals surface area contributed by atoms with Gasteiger partial charge in [-0.3, -0.25) is 4.79 Å². The van der Waals surface area contributed by atoms with Crippen LogP contribution in [0.2, 0.25) is 0 Å². The molecule has 8 heteroatoms. The Balaban J connectivity index is 1.97. The van der Waals surface area contributed by atoms with Crippen molar-refractivity contribution in [3.05, 3.63) is 59.7 Å². The Hall–Kier alpha value is -3.55. The Morgan fingerprint density at radius 1 is 1.07 bits per heavy atom. The number of methoxy groups -OCH3 is 2. The molecule has 0 fully saturated rings. The van der Waals surface area contributed by atoms with Crippen molar-refractivity contribution < 1.29 is 33.7 Å². The second kappa shape index (κ2) is 9.96. The Kier molecular flexibility index (Phi) is 7.38. The molecule has 0 aliphatic heterocycles. The number of hydrogen-bond acceptors (Lipinski definition) is 7. The molecular formula is C20H21NO7. The van der Waals surface area contributed by atoms with Gasteiger partial charge in [0.1, 0.15) is 23.1 Å². The second-order valence-corrected chi connectivity index (χ2v) is 5.79. The van der Waals surface area contributed by atoms with Crippen LogP contribution < -0.4 is 10.1 Å². The average Bonchev–Trinajstić information content (AvgIpc) is 2.72. The number of amides is 1. The van der Waals surface area contributed by atoms with Crippen LogP contribution in [0.5, 0.6) is 11.5 Å². The van der Waals surface area contributed by atoms with Crippen molar-refractivity contribution >= 4 is 17.8 Å². The third-order valence-electron chi connectivity index (χ3n) is 3.86. The van der Waals surface area contributed by atoms with Gasteiger partial charge in [-0.25, -0.2) is 9.59 Å². The summed E-state index contributed by atoms with van der Waals surface area (Å²) in [5, 5.41) is 12.2. The lowest BCUT2D eigenvalue weighted by molar-refractivity contribution is -0.145. The smallest absolute Gasteiger partial charge is 0.342 e. The zero-order chi connectivity index (χ0) is 20.5. The van der Waals surface area contributed by atoms with E-state index in [4.69, 9.17) is 14.2 Å². The number of carbonyl (C=O) groups is 3. The molecule has 0 saturated heterocycles. The molecule has 0 aromatic heterocycles. The Labute approximate surface area is 162 Å². The fraction of sp³-hybridized carbons (Fsp3) is 0.250. The number of nitrogens with one attached hydrogen (secondary N) is 1. The van der Waals surface area contributed by atoms with Crippen LogP contribution in [0.3, 0.4) is 0 Å². The molecule has 2 rings (SSSR count). The number of benzene rings is 2. The van der Waals surface area contributed by atoms with E-state index in [1.54, 1.807) is 0 Å². The van der Waals surface area contributed by atoms with Crippen LogP contribution in [0.15, 0.2) is 48.5 Å². The molecule has 1 atom stereocenters. The van der Waals surface area contributed by atoms with Gasteiger partial charge in [0.05, 0.1) is 14.2 Å². The van der Waals surface area contributed by atoms with Gasteiger partial charge in [-0.1, -0.05) is 30.3 Å². The predicted molar refractivity (Wildman–Crippen MR) is 99.0 cm³/mol. The first kappa shape index (κ1) is 20.8. The van der Waals surface area contributed by atoms with Crippen molar-refractivity contribution in [2.45, 2.75) is 12.5 Å². The Morgan fingerprint density at radius 2 is 1.79 bits per heavy atom. The summed E-state index contributed by atoms with van der Waals surface area (Å²) < 4.78 is 14.6. The van der Waals surface area contributed by atoms with E-state index in [1.165, 1.54) is 32.4 Å².